The summed E-state index contributed by atoms with van der Waals surface area (Å²) in [5, 5.41) is 2.40. The number of hydrogen-bond donors (Lipinski definition) is 1. The smallest absolute Gasteiger partial charge is 0.234 e. The largest absolute Gasteiger partial charge is 0.490 e. The molecule has 2 fully saturated rings. The van der Waals surface area contributed by atoms with Gasteiger partial charge < -0.3 is 4.74 Å². The van der Waals surface area contributed by atoms with E-state index in [9.17, 15) is 9.59 Å². The number of nitrogens with one attached hydrogen (secondary N) is 1. The van der Waals surface area contributed by atoms with Gasteiger partial charge in [0.25, 0.3) is 0 Å². The molecule has 0 spiro atoms. The van der Waals surface area contributed by atoms with Gasteiger partial charge in [0.05, 0.1) is 12.0 Å². The first-order valence-electron chi connectivity index (χ1n) is 7.83. The first kappa shape index (κ1) is 14.1. The fourth-order valence-corrected chi connectivity index (χ4v) is 3.17. The molecule has 4 nitrogen and oxygen atoms in total. The van der Waals surface area contributed by atoms with E-state index in [0.717, 1.165) is 24.2 Å². The standard InChI is InChI=1S/C17H21NO3/c19-16-11-10-15(17(20)18-16)12-6-8-14(9-7-12)21-13-4-2-1-3-5-13/h6-9,13,15H,1-5,10-11H2,(H,18,19,20). The number of hydrogen-bond acceptors (Lipinski definition) is 3. The number of carbonyl (C=O) groups excluding carboxylic acids is 2. The minimum absolute atomic E-state index is 0.173. The molecule has 1 aliphatic heterocycles. The van der Waals surface area contributed by atoms with Gasteiger partial charge in [-0.3, -0.25) is 14.9 Å². The summed E-state index contributed by atoms with van der Waals surface area (Å²) in [6, 6.07) is 7.76. The fraction of sp³-hybridized carbons (Fsp3) is 0.529. The fourth-order valence-electron chi connectivity index (χ4n) is 3.17. The van der Waals surface area contributed by atoms with Gasteiger partial charge in [-0.05, 0) is 49.8 Å². The zero-order chi connectivity index (χ0) is 14.7. The molecule has 1 N–H and O–H groups in total. The average Bonchev–Trinajstić information content (AvgIpc) is 2.49. The van der Waals surface area contributed by atoms with Crippen LogP contribution in [0.2, 0.25) is 0 Å². The summed E-state index contributed by atoms with van der Waals surface area (Å²) in [4.78, 5) is 23.0. The molecule has 3 rings (SSSR count). The van der Waals surface area contributed by atoms with Crippen molar-refractivity contribution >= 4 is 11.8 Å². The highest BCUT2D eigenvalue weighted by atomic mass is 16.5. The Balaban J connectivity index is 1.63. The molecule has 1 atom stereocenters. The molecule has 0 radical (unpaired) electrons. The van der Waals surface area contributed by atoms with Crippen LogP contribution in [0.5, 0.6) is 5.75 Å². The van der Waals surface area contributed by atoms with Gasteiger partial charge >= 0.3 is 0 Å². The zero-order valence-corrected chi connectivity index (χ0v) is 12.1. The Hall–Kier alpha value is -1.84. The van der Waals surface area contributed by atoms with E-state index in [1.54, 1.807) is 0 Å². The Morgan fingerprint density at radius 1 is 0.952 bits per heavy atom. The van der Waals surface area contributed by atoms with Crippen LogP contribution >= 0.6 is 0 Å². The van der Waals surface area contributed by atoms with E-state index in [1.807, 2.05) is 24.3 Å². The van der Waals surface area contributed by atoms with Crippen molar-refractivity contribution < 1.29 is 14.3 Å². The van der Waals surface area contributed by atoms with Crippen molar-refractivity contribution in [1.82, 2.24) is 5.32 Å². The monoisotopic (exact) mass is 287 g/mol. The van der Waals surface area contributed by atoms with Gasteiger partial charge in [-0.25, -0.2) is 0 Å². The molecule has 1 saturated heterocycles. The van der Waals surface area contributed by atoms with Crippen LogP contribution in [-0.2, 0) is 9.59 Å². The molecular weight excluding hydrogens is 266 g/mol. The molecule has 21 heavy (non-hydrogen) atoms. The van der Waals surface area contributed by atoms with Crippen LogP contribution in [0.15, 0.2) is 24.3 Å². The average molecular weight is 287 g/mol. The van der Waals surface area contributed by atoms with Gasteiger partial charge in [-0.15, -0.1) is 0 Å². The Labute approximate surface area is 124 Å². The van der Waals surface area contributed by atoms with E-state index < -0.39 is 0 Å². The van der Waals surface area contributed by atoms with Crippen LogP contribution in [0.3, 0.4) is 0 Å². The van der Waals surface area contributed by atoms with Crippen molar-refractivity contribution in [3.05, 3.63) is 29.8 Å². The minimum Gasteiger partial charge on any atom is -0.490 e. The van der Waals surface area contributed by atoms with Crippen molar-refractivity contribution in [2.24, 2.45) is 0 Å². The molecular formula is C17H21NO3. The summed E-state index contributed by atoms with van der Waals surface area (Å²) in [5.41, 5.74) is 0.955. The minimum atomic E-state index is -0.216. The lowest BCUT2D eigenvalue weighted by molar-refractivity contribution is -0.134. The maximum atomic E-state index is 11.8. The van der Waals surface area contributed by atoms with Crippen molar-refractivity contribution in [3.8, 4) is 5.75 Å². The summed E-state index contributed by atoms with van der Waals surface area (Å²) in [6.07, 6.45) is 7.42. The van der Waals surface area contributed by atoms with Gasteiger partial charge in [-0.2, -0.15) is 0 Å². The second-order valence-electron chi connectivity index (χ2n) is 5.95. The number of carbonyl (C=O) groups is 2. The highest BCUT2D eigenvalue weighted by Crippen LogP contribution is 2.28. The van der Waals surface area contributed by atoms with E-state index in [0.29, 0.717) is 18.9 Å². The van der Waals surface area contributed by atoms with Crippen LogP contribution in [0.4, 0.5) is 0 Å². The highest BCUT2D eigenvalue weighted by molar-refractivity contribution is 6.00. The summed E-state index contributed by atoms with van der Waals surface area (Å²) in [5.74, 6) is 0.296. The molecule has 0 bridgehead atoms. The third kappa shape index (κ3) is 3.43. The first-order valence-corrected chi connectivity index (χ1v) is 7.83. The molecule has 1 unspecified atom stereocenters. The number of ether oxygens (including phenoxy) is 1. The van der Waals surface area contributed by atoms with Crippen molar-refractivity contribution in [2.75, 3.05) is 0 Å². The Morgan fingerprint density at radius 3 is 2.33 bits per heavy atom. The summed E-state index contributed by atoms with van der Waals surface area (Å²) in [6.45, 7) is 0. The molecule has 4 heteroatoms. The number of piperidine rings is 1. The van der Waals surface area contributed by atoms with Crippen LogP contribution in [0, 0.1) is 0 Å². The zero-order valence-electron chi connectivity index (χ0n) is 12.1. The molecule has 0 aromatic heterocycles. The third-order valence-electron chi connectivity index (χ3n) is 4.38. The number of rotatable bonds is 3. The lowest BCUT2D eigenvalue weighted by Crippen LogP contribution is -2.39. The summed E-state index contributed by atoms with van der Waals surface area (Å²) >= 11 is 0. The SMILES string of the molecule is O=C1CCC(c2ccc(OC3CCCCC3)cc2)C(=O)N1. The summed E-state index contributed by atoms with van der Waals surface area (Å²) < 4.78 is 5.99. The first-order chi connectivity index (χ1) is 10.2. The van der Waals surface area contributed by atoms with E-state index in [1.165, 1.54) is 19.3 Å². The van der Waals surface area contributed by atoms with E-state index >= 15 is 0 Å². The molecule has 2 aliphatic rings. The van der Waals surface area contributed by atoms with Gasteiger partial charge in [-0.1, -0.05) is 18.6 Å². The van der Waals surface area contributed by atoms with Crippen LogP contribution in [0.1, 0.15) is 56.4 Å². The Morgan fingerprint density at radius 2 is 1.67 bits per heavy atom. The van der Waals surface area contributed by atoms with Gasteiger partial charge in [0.15, 0.2) is 0 Å². The van der Waals surface area contributed by atoms with Gasteiger partial charge in [0.2, 0.25) is 11.8 Å². The maximum Gasteiger partial charge on any atom is 0.234 e. The van der Waals surface area contributed by atoms with Gasteiger partial charge in [0.1, 0.15) is 5.75 Å². The van der Waals surface area contributed by atoms with Crippen molar-refractivity contribution in [1.29, 1.82) is 0 Å². The van der Waals surface area contributed by atoms with Crippen LogP contribution < -0.4 is 10.1 Å². The molecule has 1 heterocycles. The second kappa shape index (κ2) is 6.29. The normalized spacial score (nSPS) is 23.7. The molecule has 1 aliphatic carbocycles. The van der Waals surface area contributed by atoms with E-state index in [-0.39, 0.29) is 17.7 Å². The highest BCUT2D eigenvalue weighted by Gasteiger charge is 2.27. The molecule has 1 aromatic rings. The maximum absolute atomic E-state index is 11.8. The number of amides is 2. The predicted octanol–water partition coefficient (Wildman–Crippen LogP) is 2.92. The molecule has 2 amide bonds. The van der Waals surface area contributed by atoms with Crippen LogP contribution in [-0.4, -0.2) is 17.9 Å². The lowest BCUT2D eigenvalue weighted by Gasteiger charge is -2.24. The quantitative estimate of drug-likeness (QED) is 0.870. The molecule has 1 saturated carbocycles. The third-order valence-corrected chi connectivity index (χ3v) is 4.38. The Bertz CT molecular complexity index is 517. The van der Waals surface area contributed by atoms with E-state index in [4.69, 9.17) is 4.74 Å². The van der Waals surface area contributed by atoms with Gasteiger partial charge in [0, 0.05) is 6.42 Å². The molecule has 112 valence electrons. The summed E-state index contributed by atoms with van der Waals surface area (Å²) in [7, 11) is 0. The van der Waals surface area contributed by atoms with E-state index in [2.05, 4.69) is 5.32 Å². The Kier molecular flexibility index (Phi) is 4.23. The number of benzene rings is 1. The lowest BCUT2D eigenvalue weighted by atomic mass is 9.90. The van der Waals surface area contributed by atoms with Crippen molar-refractivity contribution in [3.63, 3.8) is 0 Å². The molecule has 1 aromatic carbocycles. The predicted molar refractivity (Wildman–Crippen MR) is 79.1 cm³/mol. The number of imide groups is 1. The second-order valence-corrected chi connectivity index (χ2v) is 5.95. The van der Waals surface area contributed by atoms with Crippen molar-refractivity contribution in [2.45, 2.75) is 57.0 Å². The topological polar surface area (TPSA) is 55.4 Å². The van der Waals surface area contributed by atoms with Crippen LogP contribution in [0.25, 0.3) is 0 Å².